The number of rotatable bonds is 4. The van der Waals surface area contributed by atoms with Crippen LogP contribution in [0.5, 0.6) is 17.2 Å². The Hall–Kier alpha value is -1.46. The van der Waals surface area contributed by atoms with Crippen molar-refractivity contribution in [2.24, 2.45) is 0 Å². The molecule has 0 spiro atoms. The summed E-state index contributed by atoms with van der Waals surface area (Å²) in [6.45, 7) is 0.646. The van der Waals surface area contributed by atoms with E-state index in [1.54, 1.807) is 26.3 Å². The van der Waals surface area contributed by atoms with Gasteiger partial charge >= 0.3 is 0 Å². The van der Waals surface area contributed by atoms with E-state index in [0.717, 1.165) is 0 Å². The van der Waals surface area contributed by atoms with Gasteiger partial charge in [-0.3, -0.25) is 0 Å². The second kappa shape index (κ2) is 4.59. The van der Waals surface area contributed by atoms with Gasteiger partial charge in [-0.25, -0.2) is 0 Å². The lowest BCUT2D eigenvalue weighted by molar-refractivity contribution is 0.165. The molecule has 1 unspecified atom stereocenters. The highest BCUT2D eigenvalue weighted by molar-refractivity contribution is 5.57. The van der Waals surface area contributed by atoms with Gasteiger partial charge in [0.1, 0.15) is 0 Å². The quantitative estimate of drug-likeness (QED) is 0.789. The van der Waals surface area contributed by atoms with E-state index in [2.05, 4.69) is 5.32 Å². The molecule has 0 bridgehead atoms. The number of benzene rings is 1. The molecule has 0 radical (unpaired) electrons. The summed E-state index contributed by atoms with van der Waals surface area (Å²) < 4.78 is 15.8. The van der Waals surface area contributed by atoms with Gasteiger partial charge < -0.3 is 24.6 Å². The Kier molecular flexibility index (Phi) is 3.17. The molecule has 1 aliphatic rings. The molecule has 2 N–H and O–H groups in total. The maximum absolute atomic E-state index is 9.92. The van der Waals surface area contributed by atoms with Crippen molar-refractivity contribution in [3.05, 3.63) is 17.7 Å². The minimum absolute atomic E-state index is 0.192. The average molecular weight is 225 g/mol. The van der Waals surface area contributed by atoms with E-state index in [-0.39, 0.29) is 6.79 Å². The van der Waals surface area contributed by atoms with Crippen molar-refractivity contribution in [3.8, 4) is 17.2 Å². The summed E-state index contributed by atoms with van der Waals surface area (Å²) in [7, 11) is 3.33. The summed E-state index contributed by atoms with van der Waals surface area (Å²) in [4.78, 5) is 0. The van der Waals surface area contributed by atoms with Crippen molar-refractivity contribution in [2.45, 2.75) is 6.10 Å². The zero-order valence-electron chi connectivity index (χ0n) is 9.32. The van der Waals surface area contributed by atoms with Crippen molar-refractivity contribution >= 4 is 0 Å². The van der Waals surface area contributed by atoms with E-state index in [4.69, 9.17) is 14.2 Å². The lowest BCUT2D eigenvalue weighted by atomic mass is 10.1. The molecule has 2 rings (SSSR count). The van der Waals surface area contributed by atoms with Gasteiger partial charge in [-0.05, 0) is 19.2 Å². The highest BCUT2D eigenvalue weighted by Gasteiger charge is 2.24. The summed E-state index contributed by atoms with van der Waals surface area (Å²) >= 11 is 0. The fourth-order valence-corrected chi connectivity index (χ4v) is 1.74. The van der Waals surface area contributed by atoms with Gasteiger partial charge in [0.05, 0.1) is 13.2 Å². The standard InChI is InChI=1S/C11H15NO4/c1-12-5-8(13)7-3-4-9-11(10(7)14-2)16-6-15-9/h3-4,8,12-13H,5-6H2,1-2H3. The van der Waals surface area contributed by atoms with Crippen LogP contribution in [-0.2, 0) is 0 Å². The number of nitrogens with one attached hydrogen (secondary N) is 1. The molecule has 88 valence electrons. The number of methoxy groups -OCH3 is 1. The first-order chi connectivity index (χ1) is 7.77. The maximum atomic E-state index is 9.92. The molecule has 1 aliphatic heterocycles. The maximum Gasteiger partial charge on any atom is 0.231 e. The number of hydrogen-bond donors (Lipinski definition) is 2. The third-order valence-corrected chi connectivity index (χ3v) is 2.48. The smallest absolute Gasteiger partial charge is 0.231 e. The van der Waals surface area contributed by atoms with E-state index in [9.17, 15) is 5.11 Å². The van der Waals surface area contributed by atoms with Crippen molar-refractivity contribution in [3.63, 3.8) is 0 Å². The van der Waals surface area contributed by atoms with Crippen LogP contribution in [0.4, 0.5) is 0 Å². The predicted octanol–water partition coefficient (Wildman–Crippen LogP) is 0.677. The first-order valence-electron chi connectivity index (χ1n) is 5.07. The van der Waals surface area contributed by atoms with E-state index in [1.165, 1.54) is 0 Å². The fraction of sp³-hybridized carbons (Fsp3) is 0.455. The first kappa shape index (κ1) is 11.0. The number of ether oxygens (including phenoxy) is 3. The minimum atomic E-state index is -0.630. The third-order valence-electron chi connectivity index (χ3n) is 2.48. The molecule has 5 heteroatoms. The van der Waals surface area contributed by atoms with Crippen LogP contribution in [0.25, 0.3) is 0 Å². The Morgan fingerprint density at radius 2 is 2.31 bits per heavy atom. The zero-order valence-corrected chi connectivity index (χ0v) is 9.32. The molecule has 0 fully saturated rings. The third kappa shape index (κ3) is 1.79. The van der Waals surface area contributed by atoms with E-state index >= 15 is 0 Å². The average Bonchev–Trinajstić information content (AvgIpc) is 2.75. The monoisotopic (exact) mass is 225 g/mol. The number of likely N-dealkylation sites (N-methyl/N-ethyl adjacent to an activating group) is 1. The second-order valence-corrected chi connectivity index (χ2v) is 3.50. The van der Waals surface area contributed by atoms with Crippen LogP contribution < -0.4 is 19.5 Å². The SMILES string of the molecule is CNCC(O)c1ccc2c(c1OC)OCO2. The normalized spacial score (nSPS) is 14.9. The zero-order chi connectivity index (χ0) is 11.5. The molecule has 1 aromatic carbocycles. The number of aliphatic hydroxyl groups excluding tert-OH is 1. The van der Waals surface area contributed by atoms with Gasteiger partial charge in [0.25, 0.3) is 0 Å². The Labute approximate surface area is 93.9 Å². The highest BCUT2D eigenvalue weighted by atomic mass is 16.7. The van der Waals surface area contributed by atoms with Gasteiger partial charge in [0, 0.05) is 12.1 Å². The van der Waals surface area contributed by atoms with Crippen LogP contribution in [0.15, 0.2) is 12.1 Å². The molecule has 16 heavy (non-hydrogen) atoms. The molecule has 0 aliphatic carbocycles. The van der Waals surface area contributed by atoms with Crippen LogP contribution in [0, 0.1) is 0 Å². The lowest BCUT2D eigenvalue weighted by Crippen LogP contribution is -2.17. The molecule has 1 aromatic rings. The largest absolute Gasteiger partial charge is 0.492 e. The number of hydrogen-bond acceptors (Lipinski definition) is 5. The molecule has 1 atom stereocenters. The Morgan fingerprint density at radius 3 is 3.00 bits per heavy atom. The van der Waals surface area contributed by atoms with Gasteiger partial charge in [-0.15, -0.1) is 0 Å². The van der Waals surface area contributed by atoms with Crippen LogP contribution in [-0.4, -0.2) is 32.6 Å². The molecular formula is C11H15NO4. The number of fused-ring (bicyclic) bond motifs is 1. The Morgan fingerprint density at radius 1 is 1.50 bits per heavy atom. The molecule has 0 saturated carbocycles. The van der Waals surface area contributed by atoms with Gasteiger partial charge in [0.2, 0.25) is 12.5 Å². The number of aliphatic hydroxyl groups is 1. The fourth-order valence-electron chi connectivity index (χ4n) is 1.74. The van der Waals surface area contributed by atoms with Crippen LogP contribution in [0.3, 0.4) is 0 Å². The van der Waals surface area contributed by atoms with Crippen molar-refractivity contribution in [2.75, 3.05) is 27.5 Å². The van der Waals surface area contributed by atoms with Crippen molar-refractivity contribution in [1.29, 1.82) is 0 Å². The van der Waals surface area contributed by atoms with Crippen LogP contribution in [0.2, 0.25) is 0 Å². The Bertz CT molecular complexity index is 380. The summed E-state index contributed by atoms with van der Waals surface area (Å²) in [6, 6.07) is 3.56. The topological polar surface area (TPSA) is 60.0 Å². The minimum Gasteiger partial charge on any atom is -0.492 e. The van der Waals surface area contributed by atoms with E-state index in [1.807, 2.05) is 0 Å². The van der Waals surface area contributed by atoms with E-state index in [0.29, 0.717) is 29.4 Å². The summed E-state index contributed by atoms with van der Waals surface area (Å²) in [5.74, 6) is 1.75. The van der Waals surface area contributed by atoms with Gasteiger partial charge in [-0.1, -0.05) is 0 Å². The molecule has 5 nitrogen and oxygen atoms in total. The predicted molar refractivity (Wildman–Crippen MR) is 58.0 cm³/mol. The summed E-state index contributed by atoms with van der Waals surface area (Å²) in [5.41, 5.74) is 0.695. The second-order valence-electron chi connectivity index (χ2n) is 3.50. The van der Waals surface area contributed by atoms with Crippen molar-refractivity contribution < 1.29 is 19.3 Å². The first-order valence-corrected chi connectivity index (χ1v) is 5.07. The Balaban J connectivity index is 2.38. The van der Waals surface area contributed by atoms with Crippen LogP contribution >= 0.6 is 0 Å². The van der Waals surface area contributed by atoms with Crippen LogP contribution in [0.1, 0.15) is 11.7 Å². The van der Waals surface area contributed by atoms with Crippen molar-refractivity contribution in [1.82, 2.24) is 5.32 Å². The molecule has 0 saturated heterocycles. The molecule has 1 heterocycles. The summed E-state index contributed by atoms with van der Waals surface area (Å²) in [5, 5.41) is 12.8. The van der Waals surface area contributed by atoms with E-state index < -0.39 is 6.10 Å². The summed E-state index contributed by atoms with van der Waals surface area (Å²) in [6.07, 6.45) is -0.630. The van der Waals surface area contributed by atoms with Gasteiger partial charge in [-0.2, -0.15) is 0 Å². The van der Waals surface area contributed by atoms with Gasteiger partial charge in [0.15, 0.2) is 11.5 Å². The molecule has 0 aromatic heterocycles. The molecular weight excluding hydrogens is 210 g/mol. The molecule has 0 amide bonds. The highest BCUT2D eigenvalue weighted by Crippen LogP contribution is 2.44. The lowest BCUT2D eigenvalue weighted by Gasteiger charge is -2.15.